The van der Waals surface area contributed by atoms with Crippen molar-refractivity contribution in [3.63, 3.8) is 0 Å². The largest absolute Gasteiger partial charge is 0.455 e. The first kappa shape index (κ1) is 17.4. The lowest BCUT2D eigenvalue weighted by atomic mass is 10.1. The quantitative estimate of drug-likeness (QED) is 0.574. The molecule has 1 aromatic heterocycles. The number of esters is 1. The van der Waals surface area contributed by atoms with Gasteiger partial charge in [-0.25, -0.2) is 13.6 Å². The second kappa shape index (κ2) is 7.21. The van der Waals surface area contributed by atoms with Crippen LogP contribution in [0.4, 0.5) is 8.78 Å². The number of hydrogen-bond acceptors (Lipinski definition) is 4. The van der Waals surface area contributed by atoms with Crippen molar-refractivity contribution in [2.45, 2.75) is 6.61 Å². The lowest BCUT2D eigenvalue weighted by Gasteiger charge is -2.04. The molecule has 8 heteroatoms. The van der Waals surface area contributed by atoms with Crippen molar-refractivity contribution in [1.82, 2.24) is 5.16 Å². The van der Waals surface area contributed by atoms with E-state index in [0.717, 1.165) is 12.1 Å². The molecular weight excluding hydrogens is 375 g/mol. The van der Waals surface area contributed by atoms with Crippen molar-refractivity contribution in [3.05, 3.63) is 75.4 Å². The van der Waals surface area contributed by atoms with Gasteiger partial charge in [0, 0.05) is 17.2 Å². The molecule has 0 unspecified atom stereocenters. The molecule has 1 heterocycles. The summed E-state index contributed by atoms with van der Waals surface area (Å²) in [6.07, 6.45) is 0. The zero-order valence-electron chi connectivity index (χ0n) is 12.4. The second-order valence-corrected chi connectivity index (χ2v) is 5.85. The molecule has 0 aliphatic carbocycles. The van der Waals surface area contributed by atoms with Gasteiger partial charge in [-0.3, -0.25) is 0 Å². The monoisotopic (exact) mass is 383 g/mol. The van der Waals surface area contributed by atoms with Crippen LogP contribution in [0.1, 0.15) is 16.1 Å². The Labute approximate surface area is 150 Å². The molecule has 3 rings (SSSR count). The number of nitrogens with zero attached hydrogens (tertiary/aromatic N) is 1. The van der Waals surface area contributed by atoms with Crippen LogP contribution in [-0.4, -0.2) is 11.1 Å². The number of carbonyl (C=O) groups excluding carboxylic acids is 1. The van der Waals surface area contributed by atoms with Crippen LogP contribution in [0, 0.1) is 11.6 Å². The first-order valence-electron chi connectivity index (χ1n) is 6.97. The highest BCUT2D eigenvalue weighted by molar-refractivity contribution is 6.36. The summed E-state index contributed by atoms with van der Waals surface area (Å²) in [6, 6.07) is 8.83. The van der Waals surface area contributed by atoms with Gasteiger partial charge in [0.2, 0.25) is 0 Å². The van der Waals surface area contributed by atoms with Crippen LogP contribution in [0.5, 0.6) is 0 Å². The highest BCUT2D eigenvalue weighted by atomic mass is 35.5. The summed E-state index contributed by atoms with van der Waals surface area (Å²) in [4.78, 5) is 12.0. The predicted molar refractivity (Wildman–Crippen MR) is 87.4 cm³/mol. The Morgan fingerprint density at radius 3 is 2.64 bits per heavy atom. The van der Waals surface area contributed by atoms with Gasteiger partial charge in [-0.2, -0.15) is 0 Å². The maximum absolute atomic E-state index is 13.7. The molecule has 0 saturated heterocycles. The Balaban J connectivity index is 1.70. The van der Waals surface area contributed by atoms with E-state index in [2.05, 4.69) is 5.16 Å². The topological polar surface area (TPSA) is 52.3 Å². The summed E-state index contributed by atoms with van der Waals surface area (Å²) in [7, 11) is 0. The number of halogens is 4. The molecule has 0 atom stereocenters. The number of ether oxygens (including phenoxy) is 1. The molecule has 0 bridgehead atoms. The number of hydrogen-bond donors (Lipinski definition) is 0. The van der Waals surface area contributed by atoms with Gasteiger partial charge in [0.05, 0.1) is 16.1 Å². The van der Waals surface area contributed by atoms with Gasteiger partial charge in [-0.1, -0.05) is 28.4 Å². The normalized spacial score (nSPS) is 10.7. The van der Waals surface area contributed by atoms with E-state index >= 15 is 0 Å². The minimum atomic E-state index is -0.785. The van der Waals surface area contributed by atoms with Gasteiger partial charge in [0.15, 0.2) is 5.76 Å². The summed E-state index contributed by atoms with van der Waals surface area (Å²) in [6.45, 7) is -0.204. The van der Waals surface area contributed by atoms with Gasteiger partial charge in [0.25, 0.3) is 0 Å². The van der Waals surface area contributed by atoms with Gasteiger partial charge < -0.3 is 9.26 Å². The Hall–Kier alpha value is -2.44. The Morgan fingerprint density at radius 2 is 1.92 bits per heavy atom. The van der Waals surface area contributed by atoms with Crippen LogP contribution in [0.2, 0.25) is 10.0 Å². The number of carbonyl (C=O) groups is 1. The van der Waals surface area contributed by atoms with Crippen molar-refractivity contribution in [2.24, 2.45) is 0 Å². The predicted octanol–water partition coefficient (Wildman–Crippen LogP) is 5.28. The highest BCUT2D eigenvalue weighted by Crippen LogP contribution is 2.25. The smallest absolute Gasteiger partial charge is 0.340 e. The van der Waals surface area contributed by atoms with Crippen LogP contribution >= 0.6 is 23.2 Å². The first-order valence-corrected chi connectivity index (χ1v) is 7.73. The van der Waals surface area contributed by atoms with E-state index < -0.39 is 17.6 Å². The molecule has 128 valence electrons. The van der Waals surface area contributed by atoms with Crippen molar-refractivity contribution >= 4 is 29.2 Å². The zero-order valence-corrected chi connectivity index (χ0v) is 13.9. The molecule has 0 aliphatic heterocycles. The average Bonchev–Trinajstić information content (AvgIpc) is 3.01. The van der Waals surface area contributed by atoms with Gasteiger partial charge in [-0.15, -0.1) is 0 Å². The van der Waals surface area contributed by atoms with Gasteiger partial charge >= 0.3 is 5.97 Å². The summed E-state index contributed by atoms with van der Waals surface area (Å²) >= 11 is 11.7. The SMILES string of the molecule is O=C(OCc1cc(-c2ccc(F)cc2F)on1)c1ccc(Cl)cc1Cl. The van der Waals surface area contributed by atoms with Crippen LogP contribution in [0.3, 0.4) is 0 Å². The minimum Gasteiger partial charge on any atom is -0.455 e. The standard InChI is InChI=1S/C17H9Cl2F2NO3/c18-9-1-3-12(14(19)5-9)17(23)24-8-11-7-16(25-22-11)13-4-2-10(20)6-15(13)21/h1-7H,8H2. The average molecular weight is 384 g/mol. The maximum Gasteiger partial charge on any atom is 0.340 e. The van der Waals surface area contributed by atoms with Crippen LogP contribution in [0.25, 0.3) is 11.3 Å². The molecule has 3 aromatic rings. The maximum atomic E-state index is 13.7. The van der Waals surface area contributed by atoms with Gasteiger partial charge in [-0.05, 0) is 30.3 Å². The van der Waals surface area contributed by atoms with E-state index in [-0.39, 0.29) is 34.2 Å². The highest BCUT2D eigenvalue weighted by Gasteiger charge is 2.16. The number of rotatable bonds is 4. The van der Waals surface area contributed by atoms with Crippen molar-refractivity contribution in [2.75, 3.05) is 0 Å². The van der Waals surface area contributed by atoms with E-state index in [1.165, 1.54) is 30.3 Å². The van der Waals surface area contributed by atoms with Crippen molar-refractivity contribution < 1.29 is 22.8 Å². The van der Waals surface area contributed by atoms with Crippen LogP contribution in [0.15, 0.2) is 47.0 Å². The fourth-order valence-corrected chi connectivity index (χ4v) is 2.55. The molecule has 25 heavy (non-hydrogen) atoms. The van der Waals surface area contributed by atoms with Crippen LogP contribution in [-0.2, 0) is 11.3 Å². The molecule has 0 aliphatic rings. The van der Waals surface area contributed by atoms with Gasteiger partial charge in [0.1, 0.15) is 23.9 Å². The minimum absolute atomic E-state index is 0.0484. The number of benzene rings is 2. The molecule has 0 radical (unpaired) electrons. The van der Waals surface area contributed by atoms with E-state index in [0.29, 0.717) is 5.02 Å². The number of aromatic nitrogens is 1. The molecule has 2 aromatic carbocycles. The van der Waals surface area contributed by atoms with E-state index in [1.807, 2.05) is 0 Å². The fraction of sp³-hybridized carbons (Fsp3) is 0.0588. The molecule has 0 saturated carbocycles. The van der Waals surface area contributed by atoms with E-state index in [9.17, 15) is 13.6 Å². The summed E-state index contributed by atoms with van der Waals surface area (Å²) in [5, 5.41) is 4.24. The van der Waals surface area contributed by atoms with E-state index in [1.54, 1.807) is 0 Å². The zero-order chi connectivity index (χ0) is 18.0. The van der Waals surface area contributed by atoms with Crippen molar-refractivity contribution in [1.29, 1.82) is 0 Å². The third-order valence-corrected chi connectivity index (χ3v) is 3.81. The molecule has 0 fully saturated rings. The van der Waals surface area contributed by atoms with Crippen LogP contribution < -0.4 is 0 Å². The third-order valence-electron chi connectivity index (χ3n) is 3.26. The Morgan fingerprint density at radius 1 is 1.12 bits per heavy atom. The summed E-state index contributed by atoms with van der Waals surface area (Å²) < 4.78 is 36.7. The van der Waals surface area contributed by atoms with E-state index in [4.69, 9.17) is 32.5 Å². The first-order chi connectivity index (χ1) is 11.9. The Bertz CT molecular complexity index is 943. The van der Waals surface area contributed by atoms with Crippen molar-refractivity contribution in [3.8, 4) is 11.3 Å². The molecule has 0 amide bonds. The molecule has 0 spiro atoms. The molecule has 4 nitrogen and oxygen atoms in total. The summed E-state index contributed by atoms with van der Waals surface area (Å²) in [5.41, 5.74) is 0.462. The molecular formula is C17H9Cl2F2NO3. The second-order valence-electron chi connectivity index (χ2n) is 5.01. The Kier molecular flexibility index (Phi) is 5.01. The lowest BCUT2D eigenvalue weighted by molar-refractivity contribution is 0.0464. The fourth-order valence-electron chi connectivity index (χ4n) is 2.07. The third kappa shape index (κ3) is 3.97. The lowest BCUT2D eigenvalue weighted by Crippen LogP contribution is -2.06. The summed E-state index contributed by atoms with van der Waals surface area (Å²) in [5.74, 6) is -2.06. The molecule has 0 N–H and O–H groups in total.